The van der Waals surface area contributed by atoms with Gasteiger partial charge in [0.05, 0.1) is 17.2 Å². The Morgan fingerprint density at radius 3 is 2.61 bits per heavy atom. The lowest BCUT2D eigenvalue weighted by atomic mass is 10.2. The second kappa shape index (κ2) is 8.43. The van der Waals surface area contributed by atoms with E-state index in [1.54, 1.807) is 31.3 Å². The number of anilines is 1. The molecule has 0 saturated heterocycles. The van der Waals surface area contributed by atoms with E-state index in [1.807, 2.05) is 0 Å². The van der Waals surface area contributed by atoms with E-state index in [2.05, 4.69) is 10.3 Å². The van der Waals surface area contributed by atoms with Crippen LogP contribution in [0.4, 0.5) is 10.1 Å². The summed E-state index contributed by atoms with van der Waals surface area (Å²) >= 11 is 0. The van der Waals surface area contributed by atoms with Gasteiger partial charge in [-0.2, -0.15) is 0 Å². The number of aromatic nitrogens is 2. The Morgan fingerprint density at radius 1 is 1.14 bits per heavy atom. The summed E-state index contributed by atoms with van der Waals surface area (Å²) in [6.45, 7) is -0.0579. The van der Waals surface area contributed by atoms with E-state index in [4.69, 9.17) is 0 Å². The fourth-order valence-electron chi connectivity index (χ4n) is 2.71. The first-order valence-electron chi connectivity index (χ1n) is 8.68. The number of nitrogens with one attached hydrogen (secondary N) is 1. The van der Waals surface area contributed by atoms with Gasteiger partial charge in [-0.25, -0.2) is 9.37 Å². The standard InChI is InChI=1S/C20H19FN4O3/c1-24(15-8-6-14(21)7-9-15)19(27)10-11-22-18(26)12-25-13-23-17-5-3-2-4-16(17)20(25)28/h2-9,13H,10-12H2,1H3,(H,22,26). The number of carbonyl (C=O) groups is 2. The molecule has 3 aromatic rings. The zero-order valence-corrected chi connectivity index (χ0v) is 15.3. The highest BCUT2D eigenvalue weighted by molar-refractivity contribution is 5.93. The summed E-state index contributed by atoms with van der Waals surface area (Å²) in [5.41, 5.74) is 0.831. The average molecular weight is 382 g/mol. The predicted molar refractivity (Wildman–Crippen MR) is 103 cm³/mol. The van der Waals surface area contributed by atoms with Crippen molar-refractivity contribution in [3.63, 3.8) is 0 Å². The van der Waals surface area contributed by atoms with Crippen LogP contribution in [0.25, 0.3) is 10.9 Å². The molecule has 0 bridgehead atoms. The Balaban J connectivity index is 1.53. The third-order valence-electron chi connectivity index (χ3n) is 4.29. The third kappa shape index (κ3) is 4.40. The van der Waals surface area contributed by atoms with Gasteiger partial charge in [0.25, 0.3) is 5.56 Å². The van der Waals surface area contributed by atoms with Gasteiger partial charge in [-0.1, -0.05) is 12.1 Å². The van der Waals surface area contributed by atoms with Gasteiger partial charge >= 0.3 is 0 Å². The molecule has 1 N–H and O–H groups in total. The number of para-hydroxylation sites is 1. The van der Waals surface area contributed by atoms with E-state index in [1.165, 1.54) is 40.1 Å². The Morgan fingerprint density at radius 2 is 1.86 bits per heavy atom. The van der Waals surface area contributed by atoms with Crippen LogP contribution in [0.3, 0.4) is 0 Å². The number of halogens is 1. The highest BCUT2D eigenvalue weighted by Gasteiger charge is 2.12. The molecule has 0 aliphatic heterocycles. The van der Waals surface area contributed by atoms with Crippen molar-refractivity contribution in [2.45, 2.75) is 13.0 Å². The molecule has 2 amide bonds. The number of fused-ring (bicyclic) bond motifs is 1. The Labute approximate surface area is 160 Å². The van der Waals surface area contributed by atoms with E-state index >= 15 is 0 Å². The lowest BCUT2D eigenvalue weighted by molar-refractivity contribution is -0.122. The number of benzene rings is 2. The summed E-state index contributed by atoms with van der Waals surface area (Å²) in [7, 11) is 1.58. The molecule has 2 aromatic carbocycles. The monoisotopic (exact) mass is 382 g/mol. The summed E-state index contributed by atoms with van der Waals surface area (Å²) < 4.78 is 14.2. The Hall–Kier alpha value is -3.55. The number of nitrogens with zero attached hydrogens (tertiary/aromatic N) is 3. The van der Waals surface area contributed by atoms with Crippen LogP contribution in [0.2, 0.25) is 0 Å². The van der Waals surface area contributed by atoms with Gasteiger partial charge in [-0.3, -0.25) is 19.0 Å². The van der Waals surface area contributed by atoms with Gasteiger partial charge in [0.1, 0.15) is 12.4 Å². The van der Waals surface area contributed by atoms with Crippen LogP contribution in [0, 0.1) is 5.82 Å². The van der Waals surface area contributed by atoms with Gasteiger partial charge in [-0.15, -0.1) is 0 Å². The molecule has 3 rings (SSSR count). The molecule has 0 aliphatic rings. The first-order chi connectivity index (χ1) is 13.5. The fourth-order valence-corrected chi connectivity index (χ4v) is 2.71. The van der Waals surface area contributed by atoms with Crippen LogP contribution in [0.15, 0.2) is 59.7 Å². The van der Waals surface area contributed by atoms with Crippen LogP contribution >= 0.6 is 0 Å². The molecule has 0 atom stereocenters. The number of hydrogen-bond donors (Lipinski definition) is 1. The smallest absolute Gasteiger partial charge is 0.261 e. The van der Waals surface area contributed by atoms with Crippen molar-refractivity contribution in [2.75, 3.05) is 18.5 Å². The van der Waals surface area contributed by atoms with Crippen molar-refractivity contribution in [3.8, 4) is 0 Å². The van der Waals surface area contributed by atoms with Crippen molar-refractivity contribution in [1.29, 1.82) is 0 Å². The first kappa shape index (κ1) is 19.2. The molecule has 1 heterocycles. The molecule has 0 spiro atoms. The molecule has 0 saturated carbocycles. The van der Waals surface area contributed by atoms with Gasteiger partial charge in [0.15, 0.2) is 0 Å². The van der Waals surface area contributed by atoms with E-state index in [9.17, 15) is 18.8 Å². The highest BCUT2D eigenvalue weighted by Crippen LogP contribution is 2.13. The molecule has 0 unspecified atom stereocenters. The van der Waals surface area contributed by atoms with Gasteiger partial charge < -0.3 is 10.2 Å². The highest BCUT2D eigenvalue weighted by atomic mass is 19.1. The molecule has 0 aliphatic carbocycles. The van der Waals surface area contributed by atoms with Gasteiger partial charge in [0.2, 0.25) is 11.8 Å². The summed E-state index contributed by atoms with van der Waals surface area (Å²) in [6.07, 6.45) is 1.40. The zero-order valence-electron chi connectivity index (χ0n) is 15.3. The molecule has 0 radical (unpaired) electrons. The van der Waals surface area contributed by atoms with E-state index in [0.717, 1.165) is 0 Å². The normalized spacial score (nSPS) is 10.6. The maximum Gasteiger partial charge on any atom is 0.261 e. The quantitative estimate of drug-likeness (QED) is 0.703. The van der Waals surface area contributed by atoms with Crippen molar-refractivity contribution in [2.24, 2.45) is 0 Å². The van der Waals surface area contributed by atoms with Crippen molar-refractivity contribution >= 4 is 28.4 Å². The van der Waals surface area contributed by atoms with E-state index in [-0.39, 0.29) is 36.8 Å². The van der Waals surface area contributed by atoms with Crippen molar-refractivity contribution in [1.82, 2.24) is 14.9 Å². The number of amides is 2. The minimum absolute atomic E-state index is 0.0739. The van der Waals surface area contributed by atoms with Gasteiger partial charge in [0, 0.05) is 25.7 Å². The van der Waals surface area contributed by atoms with Gasteiger partial charge in [-0.05, 0) is 36.4 Å². The van der Waals surface area contributed by atoms with Crippen molar-refractivity contribution < 1.29 is 14.0 Å². The number of hydrogen-bond acceptors (Lipinski definition) is 4. The lowest BCUT2D eigenvalue weighted by Crippen LogP contribution is -2.35. The third-order valence-corrected chi connectivity index (χ3v) is 4.29. The second-order valence-electron chi connectivity index (χ2n) is 6.22. The first-order valence-corrected chi connectivity index (χ1v) is 8.68. The molecule has 1 aromatic heterocycles. The number of rotatable bonds is 6. The van der Waals surface area contributed by atoms with Crippen LogP contribution in [-0.4, -0.2) is 35.0 Å². The van der Waals surface area contributed by atoms with Crippen molar-refractivity contribution in [3.05, 3.63) is 71.0 Å². The second-order valence-corrected chi connectivity index (χ2v) is 6.22. The van der Waals surface area contributed by atoms with Crippen LogP contribution < -0.4 is 15.8 Å². The maximum absolute atomic E-state index is 13.0. The topological polar surface area (TPSA) is 84.3 Å². The largest absolute Gasteiger partial charge is 0.354 e. The maximum atomic E-state index is 13.0. The summed E-state index contributed by atoms with van der Waals surface area (Å²) in [5.74, 6) is -0.997. The lowest BCUT2D eigenvalue weighted by Gasteiger charge is -2.17. The summed E-state index contributed by atoms with van der Waals surface area (Å²) in [6, 6.07) is 12.5. The molecular weight excluding hydrogens is 363 g/mol. The van der Waals surface area contributed by atoms with E-state index in [0.29, 0.717) is 16.6 Å². The molecule has 28 heavy (non-hydrogen) atoms. The van der Waals surface area contributed by atoms with E-state index < -0.39 is 5.91 Å². The minimum atomic E-state index is -0.392. The zero-order chi connectivity index (χ0) is 20.1. The van der Waals surface area contributed by atoms with Crippen LogP contribution in [0.5, 0.6) is 0 Å². The average Bonchev–Trinajstić information content (AvgIpc) is 2.70. The molecule has 0 fully saturated rings. The Kier molecular flexibility index (Phi) is 5.78. The molecule has 8 heteroatoms. The minimum Gasteiger partial charge on any atom is -0.354 e. The number of carbonyl (C=O) groups excluding carboxylic acids is 2. The van der Waals surface area contributed by atoms with Crippen LogP contribution in [0.1, 0.15) is 6.42 Å². The summed E-state index contributed by atoms with van der Waals surface area (Å²) in [5, 5.41) is 3.06. The fraction of sp³-hybridized carbons (Fsp3) is 0.200. The Bertz CT molecular complexity index is 1060. The summed E-state index contributed by atoms with van der Waals surface area (Å²) in [4.78, 5) is 42.2. The SMILES string of the molecule is CN(C(=O)CCNC(=O)Cn1cnc2ccccc2c1=O)c1ccc(F)cc1. The van der Waals surface area contributed by atoms with Crippen LogP contribution in [-0.2, 0) is 16.1 Å². The molecular formula is C20H19FN4O3. The molecule has 7 nitrogen and oxygen atoms in total. The molecule has 144 valence electrons. The predicted octanol–water partition coefficient (Wildman–Crippen LogP) is 1.70.